The van der Waals surface area contributed by atoms with Crippen molar-refractivity contribution < 1.29 is 9.90 Å². The molecule has 4 N–H and O–H groups in total. The van der Waals surface area contributed by atoms with Gasteiger partial charge in [-0.2, -0.15) is 0 Å². The highest BCUT2D eigenvalue weighted by atomic mass is 16.3. The number of fused-ring (bicyclic) bond motifs is 1. The molecule has 148 valence electrons. The van der Waals surface area contributed by atoms with Crippen molar-refractivity contribution in [3.05, 3.63) is 34.9 Å². The zero-order valence-corrected chi connectivity index (χ0v) is 16.2. The van der Waals surface area contributed by atoms with Gasteiger partial charge < -0.3 is 16.2 Å². The maximum atomic E-state index is 11.2. The third-order valence-electron chi connectivity index (χ3n) is 5.73. The summed E-state index contributed by atoms with van der Waals surface area (Å²) in [4.78, 5) is 13.2. The van der Waals surface area contributed by atoms with Crippen molar-refractivity contribution in [2.24, 2.45) is 5.73 Å². The molecule has 2 aliphatic rings. The fraction of sp³-hybridized carbons (Fsp3) is 0.476. The Morgan fingerprint density at radius 3 is 2.96 bits per heavy atom. The van der Waals surface area contributed by atoms with Gasteiger partial charge in [-0.3, -0.25) is 9.69 Å². The Morgan fingerprint density at radius 2 is 2.18 bits per heavy atom. The highest BCUT2D eigenvalue weighted by Gasteiger charge is 2.23. The van der Waals surface area contributed by atoms with Gasteiger partial charge in [0.2, 0.25) is 5.91 Å². The van der Waals surface area contributed by atoms with Gasteiger partial charge in [0.05, 0.1) is 12.2 Å². The van der Waals surface area contributed by atoms with E-state index in [0.717, 1.165) is 67.6 Å². The molecule has 1 aliphatic carbocycles. The summed E-state index contributed by atoms with van der Waals surface area (Å²) in [6.45, 7) is 3.93. The number of nitrogens with two attached hydrogens (primary N) is 1. The van der Waals surface area contributed by atoms with Crippen LogP contribution in [0.2, 0.25) is 0 Å². The maximum Gasteiger partial charge on any atom is 0.231 e. The van der Waals surface area contributed by atoms with E-state index in [1.54, 1.807) is 0 Å². The summed E-state index contributed by atoms with van der Waals surface area (Å²) < 4.78 is 0. The summed E-state index contributed by atoms with van der Waals surface area (Å²) >= 11 is 0. The van der Waals surface area contributed by atoms with Gasteiger partial charge in [0.25, 0.3) is 0 Å². The minimum absolute atomic E-state index is 0.209. The van der Waals surface area contributed by atoms with Crippen molar-refractivity contribution in [1.82, 2.24) is 15.1 Å². The standard InChI is InChI=1S/C21H27N5O2/c1-13-10-19(23-15-5-3-9-26(11-15)12-18(22)27)24-25-20(13)17-8-7-14-4-2-6-16(14)21(17)28/h7-8,10,15,28H,2-6,9,11-12H2,1H3,(H2,22,27)(H,23,24). The average Bonchev–Trinajstić information content (AvgIpc) is 3.12. The molecule has 1 aromatic heterocycles. The van der Waals surface area contributed by atoms with E-state index < -0.39 is 0 Å². The number of hydrogen-bond donors (Lipinski definition) is 3. The molecule has 1 aromatic carbocycles. The molecule has 2 aromatic rings. The molecule has 0 bridgehead atoms. The largest absolute Gasteiger partial charge is 0.507 e. The number of anilines is 1. The number of phenols is 1. The molecule has 4 rings (SSSR count). The lowest BCUT2D eigenvalue weighted by atomic mass is 10.00. The number of piperidine rings is 1. The summed E-state index contributed by atoms with van der Waals surface area (Å²) in [7, 11) is 0. The summed E-state index contributed by atoms with van der Waals surface area (Å²) in [5.74, 6) is 0.769. The molecule has 28 heavy (non-hydrogen) atoms. The van der Waals surface area contributed by atoms with Crippen molar-refractivity contribution in [1.29, 1.82) is 0 Å². The van der Waals surface area contributed by atoms with Crippen LogP contribution in [0.15, 0.2) is 18.2 Å². The lowest BCUT2D eigenvalue weighted by molar-refractivity contribution is -0.119. The van der Waals surface area contributed by atoms with Crippen LogP contribution in [0.3, 0.4) is 0 Å². The van der Waals surface area contributed by atoms with Crippen LogP contribution in [-0.4, -0.2) is 51.8 Å². The number of benzene rings is 1. The van der Waals surface area contributed by atoms with Gasteiger partial charge in [-0.25, -0.2) is 0 Å². The Hall–Kier alpha value is -2.67. The first-order valence-corrected chi connectivity index (χ1v) is 9.97. The number of aromatic hydroxyl groups is 1. The van der Waals surface area contributed by atoms with Crippen molar-refractivity contribution in [3.8, 4) is 17.0 Å². The van der Waals surface area contributed by atoms with Gasteiger partial charge in [-0.05, 0) is 74.4 Å². The summed E-state index contributed by atoms with van der Waals surface area (Å²) in [5.41, 5.74) is 10.0. The van der Waals surface area contributed by atoms with Crippen LogP contribution in [0.25, 0.3) is 11.3 Å². The van der Waals surface area contributed by atoms with Crippen LogP contribution in [0, 0.1) is 6.92 Å². The molecule has 7 nitrogen and oxygen atoms in total. The number of phenolic OH excluding ortho intramolecular Hbond substituents is 1. The van der Waals surface area contributed by atoms with Crippen molar-refractivity contribution in [2.75, 3.05) is 25.0 Å². The van der Waals surface area contributed by atoms with E-state index in [1.165, 1.54) is 5.56 Å². The second-order valence-electron chi connectivity index (χ2n) is 7.90. The predicted molar refractivity (Wildman–Crippen MR) is 108 cm³/mol. The van der Waals surface area contributed by atoms with Crippen molar-refractivity contribution in [3.63, 3.8) is 0 Å². The normalized spacial score (nSPS) is 19.4. The first-order chi connectivity index (χ1) is 13.5. The topological polar surface area (TPSA) is 104 Å². The van der Waals surface area contributed by atoms with Gasteiger partial charge in [0.1, 0.15) is 11.6 Å². The van der Waals surface area contributed by atoms with Crippen LogP contribution in [0.1, 0.15) is 36.0 Å². The Morgan fingerprint density at radius 1 is 1.32 bits per heavy atom. The number of primary amides is 1. The van der Waals surface area contributed by atoms with Crippen LogP contribution < -0.4 is 11.1 Å². The number of aryl methyl sites for hydroxylation is 2. The highest BCUT2D eigenvalue weighted by molar-refractivity contribution is 5.76. The number of nitrogens with zero attached hydrogens (tertiary/aromatic N) is 3. The first-order valence-electron chi connectivity index (χ1n) is 9.97. The van der Waals surface area contributed by atoms with E-state index in [1.807, 2.05) is 19.1 Å². The molecule has 0 spiro atoms. The molecule has 1 saturated heterocycles. The number of aromatic nitrogens is 2. The SMILES string of the molecule is Cc1cc(NC2CCCN(CC(N)=O)C2)nnc1-c1ccc2c(c1O)CCC2. The van der Waals surface area contributed by atoms with Gasteiger partial charge in [0.15, 0.2) is 0 Å². The van der Waals surface area contributed by atoms with Gasteiger partial charge in [-0.1, -0.05) is 6.07 Å². The fourth-order valence-corrected chi connectivity index (χ4v) is 4.41. The number of likely N-dealkylation sites (tertiary alicyclic amines) is 1. The maximum absolute atomic E-state index is 11.2. The molecule has 1 amide bonds. The Balaban J connectivity index is 1.50. The van der Waals surface area contributed by atoms with E-state index in [2.05, 4.69) is 26.5 Å². The number of carbonyl (C=O) groups excluding carboxylic acids is 1. The van der Waals surface area contributed by atoms with Gasteiger partial charge in [0, 0.05) is 18.2 Å². The summed E-state index contributed by atoms with van der Waals surface area (Å²) in [6, 6.07) is 6.23. The minimum Gasteiger partial charge on any atom is -0.507 e. The molecular formula is C21H27N5O2. The molecule has 1 fully saturated rings. The number of rotatable bonds is 5. The van der Waals surface area contributed by atoms with Crippen LogP contribution in [0.4, 0.5) is 5.82 Å². The smallest absolute Gasteiger partial charge is 0.231 e. The molecule has 0 radical (unpaired) electrons. The summed E-state index contributed by atoms with van der Waals surface area (Å²) in [5, 5.41) is 22.9. The van der Waals surface area contributed by atoms with E-state index in [4.69, 9.17) is 5.73 Å². The lowest BCUT2D eigenvalue weighted by Crippen LogP contribution is -2.45. The number of hydrogen-bond acceptors (Lipinski definition) is 6. The van der Waals surface area contributed by atoms with Gasteiger partial charge in [-0.15, -0.1) is 10.2 Å². The average molecular weight is 381 g/mol. The van der Waals surface area contributed by atoms with E-state index in [9.17, 15) is 9.90 Å². The molecular weight excluding hydrogens is 354 g/mol. The molecule has 1 unspecified atom stereocenters. The second kappa shape index (κ2) is 7.75. The van der Waals surface area contributed by atoms with E-state index in [-0.39, 0.29) is 11.9 Å². The van der Waals surface area contributed by atoms with Crippen LogP contribution in [0.5, 0.6) is 5.75 Å². The van der Waals surface area contributed by atoms with Crippen LogP contribution in [-0.2, 0) is 17.6 Å². The molecule has 7 heteroatoms. The van der Waals surface area contributed by atoms with Crippen molar-refractivity contribution >= 4 is 11.7 Å². The summed E-state index contributed by atoms with van der Waals surface area (Å²) in [6.07, 6.45) is 5.07. The third kappa shape index (κ3) is 3.80. The van der Waals surface area contributed by atoms with Crippen LogP contribution >= 0.6 is 0 Å². The van der Waals surface area contributed by atoms with Gasteiger partial charge >= 0.3 is 0 Å². The predicted octanol–water partition coefficient (Wildman–Crippen LogP) is 2.01. The Labute approximate surface area is 165 Å². The molecule has 1 aliphatic heterocycles. The zero-order valence-electron chi connectivity index (χ0n) is 16.2. The third-order valence-corrected chi connectivity index (χ3v) is 5.73. The highest BCUT2D eigenvalue weighted by Crippen LogP contribution is 2.38. The first kappa shape index (κ1) is 18.7. The molecule has 1 atom stereocenters. The fourth-order valence-electron chi connectivity index (χ4n) is 4.41. The lowest BCUT2D eigenvalue weighted by Gasteiger charge is -2.32. The minimum atomic E-state index is -0.296. The Kier molecular flexibility index (Phi) is 5.17. The molecule has 0 saturated carbocycles. The second-order valence-corrected chi connectivity index (χ2v) is 7.90. The number of amides is 1. The monoisotopic (exact) mass is 381 g/mol. The number of nitrogens with one attached hydrogen (secondary N) is 1. The van der Waals surface area contributed by atoms with E-state index in [0.29, 0.717) is 18.1 Å². The number of carbonyl (C=O) groups is 1. The molecule has 2 heterocycles. The quantitative estimate of drug-likeness (QED) is 0.732. The van der Waals surface area contributed by atoms with E-state index >= 15 is 0 Å². The Bertz CT molecular complexity index is 899. The zero-order chi connectivity index (χ0) is 19.7. The van der Waals surface area contributed by atoms with Crippen molar-refractivity contribution in [2.45, 2.75) is 45.1 Å².